The maximum absolute atomic E-state index is 5.69. The molecule has 0 aliphatic carbocycles. The molecule has 1 aromatic heterocycles. The highest BCUT2D eigenvalue weighted by Gasteiger charge is 2.02. The van der Waals surface area contributed by atoms with Crippen molar-refractivity contribution in [3.63, 3.8) is 0 Å². The van der Waals surface area contributed by atoms with E-state index in [1.165, 1.54) is 0 Å². The Hall–Kier alpha value is -1.94. The number of para-hydroxylation sites is 1. The van der Waals surface area contributed by atoms with E-state index in [1.807, 2.05) is 44.2 Å². The highest BCUT2D eigenvalue weighted by atomic mass is 15.0. The average molecular weight is 228 g/mol. The third-order valence-electron chi connectivity index (χ3n) is 2.47. The fraction of sp³-hybridized carbons (Fsp3) is 0.231. The van der Waals surface area contributed by atoms with Gasteiger partial charge in [0.2, 0.25) is 0 Å². The maximum Gasteiger partial charge on any atom is 0.134 e. The van der Waals surface area contributed by atoms with E-state index < -0.39 is 0 Å². The quantitative estimate of drug-likeness (QED) is 0.846. The van der Waals surface area contributed by atoms with Gasteiger partial charge in [0.25, 0.3) is 0 Å². The van der Waals surface area contributed by atoms with Crippen molar-refractivity contribution in [3.8, 4) is 0 Å². The van der Waals surface area contributed by atoms with E-state index in [4.69, 9.17) is 5.73 Å². The zero-order valence-corrected chi connectivity index (χ0v) is 10.1. The van der Waals surface area contributed by atoms with Gasteiger partial charge in [-0.3, -0.25) is 0 Å². The topological polar surface area (TPSA) is 63.8 Å². The van der Waals surface area contributed by atoms with Crippen LogP contribution in [-0.4, -0.2) is 9.97 Å². The molecule has 1 heterocycles. The van der Waals surface area contributed by atoms with Crippen LogP contribution in [0.2, 0.25) is 0 Å². The minimum atomic E-state index is 0.506. The van der Waals surface area contributed by atoms with Crippen LogP contribution in [0.15, 0.2) is 30.3 Å². The molecule has 0 bridgehead atoms. The van der Waals surface area contributed by atoms with Crippen LogP contribution in [0.3, 0.4) is 0 Å². The largest absolute Gasteiger partial charge is 0.340 e. The van der Waals surface area contributed by atoms with Crippen LogP contribution in [-0.2, 0) is 6.54 Å². The first-order valence-electron chi connectivity index (χ1n) is 5.56. The third kappa shape index (κ3) is 2.79. The van der Waals surface area contributed by atoms with Crippen molar-refractivity contribution >= 4 is 11.5 Å². The normalized spacial score (nSPS) is 10.3. The van der Waals surface area contributed by atoms with Crippen LogP contribution in [0.1, 0.15) is 17.1 Å². The second kappa shape index (κ2) is 4.93. The number of anilines is 2. The molecular formula is C13H16N4. The Balaban J connectivity index is 2.31. The number of aryl methyl sites for hydroxylation is 2. The number of aromatic nitrogens is 2. The first-order chi connectivity index (χ1) is 8.19. The van der Waals surface area contributed by atoms with Gasteiger partial charge < -0.3 is 11.1 Å². The van der Waals surface area contributed by atoms with E-state index in [2.05, 4.69) is 15.3 Å². The minimum Gasteiger partial charge on any atom is -0.340 e. The summed E-state index contributed by atoms with van der Waals surface area (Å²) in [5, 5.41) is 3.27. The smallest absolute Gasteiger partial charge is 0.134 e. The Morgan fingerprint density at radius 2 is 1.94 bits per heavy atom. The molecule has 0 fully saturated rings. The number of benzene rings is 1. The van der Waals surface area contributed by atoms with Crippen LogP contribution in [0, 0.1) is 13.8 Å². The van der Waals surface area contributed by atoms with E-state index in [1.54, 1.807) is 0 Å². The van der Waals surface area contributed by atoms with Gasteiger partial charge in [-0.15, -0.1) is 0 Å². The molecule has 0 unspecified atom stereocenters. The predicted octanol–water partition coefficient (Wildman–Crippen LogP) is 2.30. The number of nitrogens with two attached hydrogens (primary N) is 1. The van der Waals surface area contributed by atoms with Gasteiger partial charge >= 0.3 is 0 Å². The van der Waals surface area contributed by atoms with Crippen molar-refractivity contribution in [2.24, 2.45) is 5.73 Å². The molecule has 0 aliphatic heterocycles. The standard InChI is InChI=1S/C13H16N4/c1-9-7-13(16-10(2)15-9)17-12-6-4-3-5-11(12)8-14/h3-7H,8,14H2,1-2H3,(H,15,16,17). The lowest BCUT2D eigenvalue weighted by Gasteiger charge is -2.10. The molecule has 0 radical (unpaired) electrons. The maximum atomic E-state index is 5.69. The van der Waals surface area contributed by atoms with Crippen LogP contribution < -0.4 is 11.1 Å². The lowest BCUT2D eigenvalue weighted by Crippen LogP contribution is -2.04. The summed E-state index contributed by atoms with van der Waals surface area (Å²) in [4.78, 5) is 8.58. The summed E-state index contributed by atoms with van der Waals surface area (Å²) in [6, 6.07) is 9.87. The summed E-state index contributed by atoms with van der Waals surface area (Å²) in [7, 11) is 0. The van der Waals surface area contributed by atoms with Gasteiger partial charge in [-0.05, 0) is 25.5 Å². The van der Waals surface area contributed by atoms with Crippen molar-refractivity contribution in [2.45, 2.75) is 20.4 Å². The molecule has 0 aliphatic rings. The highest BCUT2D eigenvalue weighted by molar-refractivity contribution is 5.60. The van der Waals surface area contributed by atoms with Gasteiger partial charge in [0.05, 0.1) is 0 Å². The molecule has 2 aromatic rings. The molecule has 1 aromatic carbocycles. The molecule has 0 atom stereocenters. The van der Waals surface area contributed by atoms with Crippen LogP contribution >= 0.6 is 0 Å². The average Bonchev–Trinajstić information content (AvgIpc) is 2.28. The van der Waals surface area contributed by atoms with E-state index in [0.29, 0.717) is 6.54 Å². The Morgan fingerprint density at radius 1 is 1.18 bits per heavy atom. The Morgan fingerprint density at radius 3 is 2.65 bits per heavy atom. The van der Waals surface area contributed by atoms with Gasteiger partial charge in [0.15, 0.2) is 0 Å². The molecule has 17 heavy (non-hydrogen) atoms. The molecule has 3 N–H and O–H groups in total. The minimum absolute atomic E-state index is 0.506. The lowest BCUT2D eigenvalue weighted by molar-refractivity contribution is 1.01. The summed E-state index contributed by atoms with van der Waals surface area (Å²) >= 11 is 0. The summed E-state index contributed by atoms with van der Waals surface area (Å²) < 4.78 is 0. The zero-order valence-electron chi connectivity index (χ0n) is 10.1. The number of nitrogens with zero attached hydrogens (tertiary/aromatic N) is 2. The monoisotopic (exact) mass is 228 g/mol. The molecule has 0 spiro atoms. The lowest BCUT2D eigenvalue weighted by atomic mass is 10.2. The van der Waals surface area contributed by atoms with E-state index in [0.717, 1.165) is 28.6 Å². The fourth-order valence-corrected chi connectivity index (χ4v) is 1.74. The first kappa shape index (κ1) is 11.5. The Kier molecular flexibility index (Phi) is 3.35. The molecule has 4 heteroatoms. The second-order valence-corrected chi connectivity index (χ2v) is 3.93. The van der Waals surface area contributed by atoms with E-state index >= 15 is 0 Å². The van der Waals surface area contributed by atoms with Crippen molar-refractivity contribution < 1.29 is 0 Å². The molecule has 0 saturated heterocycles. The van der Waals surface area contributed by atoms with Crippen molar-refractivity contribution in [1.82, 2.24) is 9.97 Å². The number of hydrogen-bond acceptors (Lipinski definition) is 4. The van der Waals surface area contributed by atoms with Crippen molar-refractivity contribution in [3.05, 3.63) is 47.4 Å². The van der Waals surface area contributed by atoms with Gasteiger partial charge in [-0.1, -0.05) is 18.2 Å². The van der Waals surface area contributed by atoms with Crippen LogP contribution in [0.4, 0.5) is 11.5 Å². The van der Waals surface area contributed by atoms with E-state index in [9.17, 15) is 0 Å². The zero-order chi connectivity index (χ0) is 12.3. The number of nitrogens with one attached hydrogen (secondary N) is 1. The Labute approximate surface area is 101 Å². The predicted molar refractivity (Wildman–Crippen MR) is 69.1 cm³/mol. The second-order valence-electron chi connectivity index (χ2n) is 3.93. The van der Waals surface area contributed by atoms with Crippen LogP contribution in [0.5, 0.6) is 0 Å². The molecule has 88 valence electrons. The summed E-state index contributed by atoms with van der Waals surface area (Å²) in [6.45, 7) is 4.34. The van der Waals surface area contributed by atoms with Gasteiger partial charge in [-0.25, -0.2) is 9.97 Å². The molecule has 2 rings (SSSR count). The summed E-state index contributed by atoms with van der Waals surface area (Å²) in [5.74, 6) is 1.56. The van der Waals surface area contributed by atoms with Gasteiger partial charge in [0.1, 0.15) is 11.6 Å². The Bertz CT molecular complexity index is 502. The van der Waals surface area contributed by atoms with Crippen molar-refractivity contribution in [2.75, 3.05) is 5.32 Å². The number of rotatable bonds is 3. The molecule has 4 nitrogen and oxygen atoms in total. The van der Waals surface area contributed by atoms with Crippen LogP contribution in [0.25, 0.3) is 0 Å². The van der Waals surface area contributed by atoms with Gasteiger partial charge in [-0.2, -0.15) is 0 Å². The molecule has 0 saturated carbocycles. The van der Waals surface area contributed by atoms with Gasteiger partial charge in [0, 0.05) is 24.0 Å². The highest BCUT2D eigenvalue weighted by Crippen LogP contribution is 2.19. The molecular weight excluding hydrogens is 212 g/mol. The number of hydrogen-bond donors (Lipinski definition) is 2. The first-order valence-corrected chi connectivity index (χ1v) is 5.56. The third-order valence-corrected chi connectivity index (χ3v) is 2.47. The fourth-order valence-electron chi connectivity index (χ4n) is 1.74. The summed E-state index contributed by atoms with van der Waals surface area (Å²) in [6.07, 6.45) is 0. The van der Waals surface area contributed by atoms with E-state index in [-0.39, 0.29) is 0 Å². The summed E-state index contributed by atoms with van der Waals surface area (Å²) in [5.41, 5.74) is 8.70. The molecule has 0 amide bonds. The van der Waals surface area contributed by atoms with Crippen molar-refractivity contribution in [1.29, 1.82) is 0 Å². The SMILES string of the molecule is Cc1cc(Nc2ccccc2CN)nc(C)n1.